The Morgan fingerprint density at radius 2 is 0.717 bits per heavy atom. The summed E-state index contributed by atoms with van der Waals surface area (Å²) in [5.41, 5.74) is 22.8. The van der Waals surface area contributed by atoms with Crippen LogP contribution in [0.4, 0.5) is 0 Å². The van der Waals surface area contributed by atoms with Gasteiger partial charge in [-0.2, -0.15) is 0 Å². The SMILES string of the molecule is NC=NC(=NC(c1ccccc1)c1ccccc1-c1cccc(-c2cccc(-c3ccccc3)c2)c1)c1ccccc1-c1cccc(-c2cccc(-c3ccccc3)c2)c1. The highest BCUT2D eigenvalue weighted by atomic mass is 15.0. The Balaban J connectivity index is 1.12. The van der Waals surface area contributed by atoms with Crippen LogP contribution >= 0.6 is 0 Å². The number of nitrogens with zero attached hydrogens (tertiary/aromatic N) is 2. The van der Waals surface area contributed by atoms with Crippen LogP contribution in [-0.4, -0.2) is 12.2 Å². The van der Waals surface area contributed by atoms with E-state index in [4.69, 9.17) is 15.7 Å². The first kappa shape index (κ1) is 37.7. The molecule has 0 amide bonds. The lowest BCUT2D eigenvalue weighted by Crippen LogP contribution is -2.09. The standard InChI is InChI=1S/C57H43N3/c58-40-59-57(55-35-13-11-33-53(55)51-31-17-29-49(39-51)47-27-15-25-45(37-47)42-20-6-2-7-21-42)60-56(43-22-8-3-9-23-43)54-34-12-10-32-52(54)50-30-16-28-48(38-50)46-26-14-24-44(36-46)41-18-4-1-5-19-41/h1-40,56H,(H2,58,59,60). The molecule has 0 aliphatic heterocycles. The molecule has 2 N–H and O–H groups in total. The molecule has 0 saturated heterocycles. The minimum Gasteiger partial charge on any atom is -0.390 e. The van der Waals surface area contributed by atoms with E-state index in [1.807, 2.05) is 18.2 Å². The lowest BCUT2D eigenvalue weighted by Gasteiger charge is -2.20. The van der Waals surface area contributed by atoms with Gasteiger partial charge in [-0.1, -0.05) is 212 Å². The molecule has 0 radical (unpaired) electrons. The Bertz CT molecular complexity index is 2930. The van der Waals surface area contributed by atoms with Crippen LogP contribution in [0.2, 0.25) is 0 Å². The van der Waals surface area contributed by atoms with Crippen LogP contribution in [0.3, 0.4) is 0 Å². The van der Waals surface area contributed by atoms with Gasteiger partial charge in [-0.25, -0.2) is 4.99 Å². The molecular formula is C57H43N3. The molecule has 0 bridgehead atoms. The average molecular weight is 770 g/mol. The molecule has 286 valence electrons. The van der Waals surface area contributed by atoms with Gasteiger partial charge in [0.15, 0.2) is 5.84 Å². The van der Waals surface area contributed by atoms with E-state index >= 15 is 0 Å². The fourth-order valence-corrected chi connectivity index (χ4v) is 8.00. The van der Waals surface area contributed by atoms with Crippen molar-refractivity contribution < 1.29 is 0 Å². The van der Waals surface area contributed by atoms with Crippen molar-refractivity contribution in [2.24, 2.45) is 15.7 Å². The van der Waals surface area contributed by atoms with E-state index < -0.39 is 0 Å². The van der Waals surface area contributed by atoms with Crippen molar-refractivity contribution in [3.8, 4) is 66.8 Å². The fourth-order valence-electron chi connectivity index (χ4n) is 8.00. The highest BCUT2D eigenvalue weighted by molar-refractivity contribution is 6.08. The van der Waals surface area contributed by atoms with Crippen molar-refractivity contribution in [3.63, 3.8) is 0 Å². The molecule has 0 aliphatic rings. The number of hydrogen-bond donors (Lipinski definition) is 1. The Kier molecular flexibility index (Phi) is 11.1. The Hall–Kier alpha value is -7.88. The normalized spacial score (nSPS) is 12.0. The smallest absolute Gasteiger partial charge is 0.157 e. The second-order valence-corrected chi connectivity index (χ2v) is 14.7. The van der Waals surface area contributed by atoms with Gasteiger partial charge in [-0.15, -0.1) is 0 Å². The number of nitrogens with two attached hydrogens (primary N) is 1. The second-order valence-electron chi connectivity index (χ2n) is 14.7. The molecular weight excluding hydrogens is 727 g/mol. The van der Waals surface area contributed by atoms with E-state index in [2.05, 4.69) is 218 Å². The highest BCUT2D eigenvalue weighted by Gasteiger charge is 2.21. The van der Waals surface area contributed by atoms with Gasteiger partial charge in [-0.3, -0.25) is 4.99 Å². The molecule has 0 heterocycles. The Labute approximate surface area is 352 Å². The molecule has 1 atom stereocenters. The maximum Gasteiger partial charge on any atom is 0.157 e. The van der Waals surface area contributed by atoms with Gasteiger partial charge >= 0.3 is 0 Å². The minimum atomic E-state index is -0.383. The third-order valence-corrected chi connectivity index (χ3v) is 10.9. The van der Waals surface area contributed by atoms with Crippen LogP contribution in [0.5, 0.6) is 0 Å². The van der Waals surface area contributed by atoms with Gasteiger partial charge in [0.2, 0.25) is 0 Å². The summed E-state index contributed by atoms with van der Waals surface area (Å²) in [5, 5.41) is 0. The first-order chi connectivity index (χ1) is 29.7. The molecule has 1 unspecified atom stereocenters. The van der Waals surface area contributed by atoms with E-state index in [1.165, 1.54) is 28.6 Å². The van der Waals surface area contributed by atoms with Crippen LogP contribution in [-0.2, 0) is 0 Å². The monoisotopic (exact) mass is 769 g/mol. The first-order valence-electron chi connectivity index (χ1n) is 20.3. The first-order valence-corrected chi connectivity index (χ1v) is 20.3. The number of hydrogen-bond acceptors (Lipinski definition) is 1. The van der Waals surface area contributed by atoms with Gasteiger partial charge < -0.3 is 5.73 Å². The van der Waals surface area contributed by atoms with Crippen LogP contribution in [0.15, 0.2) is 247 Å². The summed E-state index contributed by atoms with van der Waals surface area (Å²) in [7, 11) is 0. The summed E-state index contributed by atoms with van der Waals surface area (Å²) >= 11 is 0. The predicted octanol–water partition coefficient (Wildman–Crippen LogP) is 14.2. The zero-order valence-corrected chi connectivity index (χ0v) is 33.1. The largest absolute Gasteiger partial charge is 0.390 e. The van der Waals surface area contributed by atoms with Gasteiger partial charge in [-0.05, 0) is 102 Å². The quantitative estimate of drug-likeness (QED) is 0.109. The maximum absolute atomic E-state index is 6.14. The van der Waals surface area contributed by atoms with E-state index in [-0.39, 0.29) is 6.04 Å². The molecule has 0 saturated carbocycles. The van der Waals surface area contributed by atoms with Gasteiger partial charge in [0.05, 0.1) is 6.34 Å². The topological polar surface area (TPSA) is 50.7 Å². The summed E-state index contributed by atoms with van der Waals surface area (Å²) in [6, 6.07) is 82.9. The average Bonchev–Trinajstić information content (AvgIpc) is 3.34. The molecule has 9 aromatic carbocycles. The zero-order chi connectivity index (χ0) is 40.5. The van der Waals surface area contributed by atoms with Crippen LogP contribution in [0.25, 0.3) is 66.8 Å². The van der Waals surface area contributed by atoms with Gasteiger partial charge in [0.25, 0.3) is 0 Å². The van der Waals surface area contributed by atoms with E-state index in [0.29, 0.717) is 5.84 Å². The molecule has 9 rings (SSSR count). The van der Waals surface area contributed by atoms with Crippen LogP contribution < -0.4 is 5.73 Å². The molecule has 0 aliphatic carbocycles. The zero-order valence-electron chi connectivity index (χ0n) is 33.1. The van der Waals surface area contributed by atoms with Crippen molar-refractivity contribution in [2.45, 2.75) is 6.04 Å². The second kappa shape index (κ2) is 17.7. The molecule has 3 nitrogen and oxygen atoms in total. The lowest BCUT2D eigenvalue weighted by molar-refractivity contribution is 0.873. The van der Waals surface area contributed by atoms with E-state index in [1.54, 1.807) is 0 Å². The molecule has 0 spiro atoms. The van der Waals surface area contributed by atoms with Gasteiger partial charge in [0.1, 0.15) is 6.04 Å². The molecule has 60 heavy (non-hydrogen) atoms. The van der Waals surface area contributed by atoms with Crippen molar-refractivity contribution in [2.75, 3.05) is 0 Å². The van der Waals surface area contributed by atoms with Crippen molar-refractivity contribution >= 4 is 12.2 Å². The maximum atomic E-state index is 6.14. The molecule has 9 aromatic rings. The van der Waals surface area contributed by atoms with Gasteiger partial charge in [0, 0.05) is 5.56 Å². The number of rotatable bonds is 10. The Morgan fingerprint density at radius 3 is 1.23 bits per heavy atom. The number of aliphatic imine (C=N–C) groups is 2. The summed E-state index contributed by atoms with van der Waals surface area (Å²) in [6.07, 6.45) is 1.35. The molecule has 3 heteroatoms. The van der Waals surface area contributed by atoms with Crippen molar-refractivity contribution in [1.82, 2.24) is 0 Å². The van der Waals surface area contributed by atoms with Crippen molar-refractivity contribution in [1.29, 1.82) is 0 Å². The summed E-state index contributed by atoms with van der Waals surface area (Å²) in [5.74, 6) is 0.555. The summed E-state index contributed by atoms with van der Waals surface area (Å²) in [6.45, 7) is 0. The predicted molar refractivity (Wildman–Crippen MR) is 253 cm³/mol. The summed E-state index contributed by atoms with van der Waals surface area (Å²) in [4.78, 5) is 10.3. The van der Waals surface area contributed by atoms with Crippen LogP contribution in [0, 0.1) is 0 Å². The molecule has 0 aromatic heterocycles. The third-order valence-electron chi connectivity index (χ3n) is 10.9. The Morgan fingerprint density at radius 1 is 0.350 bits per heavy atom. The number of benzene rings is 9. The fraction of sp³-hybridized carbons (Fsp3) is 0.0175. The van der Waals surface area contributed by atoms with Crippen molar-refractivity contribution in [3.05, 3.63) is 253 Å². The highest BCUT2D eigenvalue weighted by Crippen LogP contribution is 2.38. The van der Waals surface area contributed by atoms with E-state index in [0.717, 1.165) is 61.2 Å². The minimum absolute atomic E-state index is 0.383. The third kappa shape index (κ3) is 8.24. The van der Waals surface area contributed by atoms with E-state index in [9.17, 15) is 0 Å². The lowest BCUT2D eigenvalue weighted by atomic mass is 9.89. The molecule has 0 fully saturated rings. The number of amidine groups is 1. The summed E-state index contributed by atoms with van der Waals surface area (Å²) < 4.78 is 0. The van der Waals surface area contributed by atoms with Crippen LogP contribution in [0.1, 0.15) is 22.7 Å².